The van der Waals surface area contributed by atoms with Crippen LogP contribution in [-0.4, -0.2) is 49.2 Å². The number of hydrogen-bond donors (Lipinski definition) is 2. The number of halogens is 5. The summed E-state index contributed by atoms with van der Waals surface area (Å²) < 4.78 is 58.6. The first-order valence-electron chi connectivity index (χ1n) is 9.97. The van der Waals surface area contributed by atoms with Gasteiger partial charge in [-0.1, -0.05) is 16.8 Å². The molecule has 1 saturated heterocycles. The molecule has 2 N–H and O–H groups in total. The first-order valence-corrected chi connectivity index (χ1v) is 10.3. The van der Waals surface area contributed by atoms with Gasteiger partial charge in [-0.3, -0.25) is 10.3 Å². The summed E-state index contributed by atoms with van der Waals surface area (Å²) in [4.78, 5) is 25.4. The maximum Gasteiger partial charge on any atom is 0.417 e. The van der Waals surface area contributed by atoms with Crippen molar-refractivity contribution in [2.24, 2.45) is 0 Å². The molecule has 3 aromatic rings. The zero-order valence-electron chi connectivity index (χ0n) is 17.3. The summed E-state index contributed by atoms with van der Waals surface area (Å²) in [7, 11) is 0. The molecule has 180 valence electrons. The molecule has 1 fully saturated rings. The lowest BCUT2D eigenvalue weighted by molar-refractivity contribution is -0.137. The van der Waals surface area contributed by atoms with Gasteiger partial charge in [0.1, 0.15) is 12.4 Å². The Bertz CT molecular complexity index is 1180. The number of carbonyl (C=O) groups is 1. The smallest absolute Gasteiger partial charge is 0.388 e. The number of anilines is 1. The van der Waals surface area contributed by atoms with Crippen molar-refractivity contribution in [1.29, 1.82) is 0 Å². The Kier molecular flexibility index (Phi) is 6.41. The number of aromatic nitrogens is 4. The molecular weight excluding hydrogens is 484 g/mol. The first kappa shape index (κ1) is 23.8. The average Bonchev–Trinajstić information content (AvgIpc) is 3.28. The van der Waals surface area contributed by atoms with Gasteiger partial charge in [0.05, 0.1) is 21.8 Å². The molecule has 0 atom stereocenters. The standard InChI is InChI=1S/C20H17ClF4N6O3/c21-13-7-11(17-28-15(10-32)30-34-17)8-27-16(13)19(22)3-5-31(6-4-19)18(33)29-14-2-1-12(9-26-14)20(23,24)25/h1-2,7-9,32H,3-6,10H2,(H,26,29,33). The molecule has 1 aliphatic rings. The van der Waals surface area contributed by atoms with Gasteiger partial charge in [0, 0.05) is 38.3 Å². The number of alkyl halides is 4. The van der Waals surface area contributed by atoms with Crippen molar-refractivity contribution in [2.75, 3.05) is 18.4 Å². The molecule has 14 heteroatoms. The summed E-state index contributed by atoms with van der Waals surface area (Å²) in [6, 6.07) is 2.67. The lowest BCUT2D eigenvalue weighted by Crippen LogP contribution is -2.45. The fraction of sp³-hybridized carbons (Fsp3) is 0.350. The summed E-state index contributed by atoms with van der Waals surface area (Å²) in [5.41, 5.74) is -2.48. The van der Waals surface area contributed by atoms with Gasteiger partial charge in [0.2, 0.25) is 0 Å². The van der Waals surface area contributed by atoms with Gasteiger partial charge >= 0.3 is 12.2 Å². The van der Waals surface area contributed by atoms with Crippen LogP contribution in [0.5, 0.6) is 0 Å². The van der Waals surface area contributed by atoms with Crippen molar-refractivity contribution in [3.8, 4) is 11.5 Å². The molecule has 0 radical (unpaired) electrons. The summed E-state index contributed by atoms with van der Waals surface area (Å²) in [5, 5.41) is 15.0. The maximum absolute atomic E-state index is 15.7. The van der Waals surface area contributed by atoms with Crippen LogP contribution in [0.1, 0.15) is 29.9 Å². The van der Waals surface area contributed by atoms with E-state index >= 15 is 4.39 Å². The highest BCUT2D eigenvalue weighted by Gasteiger charge is 2.40. The van der Waals surface area contributed by atoms with E-state index in [0.717, 1.165) is 12.1 Å². The molecule has 34 heavy (non-hydrogen) atoms. The molecule has 0 unspecified atom stereocenters. The minimum absolute atomic E-state index is 0.00396. The molecule has 9 nitrogen and oxygen atoms in total. The van der Waals surface area contributed by atoms with E-state index in [-0.39, 0.29) is 54.2 Å². The Labute approximate surface area is 194 Å². The number of rotatable bonds is 4. The number of pyridine rings is 2. The predicted octanol–water partition coefficient (Wildman–Crippen LogP) is 4.18. The third kappa shape index (κ3) is 4.94. The van der Waals surface area contributed by atoms with E-state index < -0.39 is 30.0 Å². The quantitative estimate of drug-likeness (QED) is 0.516. The average molecular weight is 501 g/mol. The minimum atomic E-state index is -4.53. The van der Waals surface area contributed by atoms with Crippen molar-refractivity contribution in [1.82, 2.24) is 25.0 Å². The summed E-state index contributed by atoms with van der Waals surface area (Å²) in [6.07, 6.45) is -2.78. The van der Waals surface area contributed by atoms with E-state index in [0.29, 0.717) is 11.8 Å². The number of aliphatic hydroxyl groups is 1. The van der Waals surface area contributed by atoms with E-state index in [1.54, 1.807) is 0 Å². The SMILES string of the molecule is O=C(Nc1ccc(C(F)(F)F)cn1)N1CCC(F)(c2ncc(-c3nc(CO)no3)cc2Cl)CC1. The number of urea groups is 1. The second-order valence-electron chi connectivity index (χ2n) is 7.54. The van der Waals surface area contributed by atoms with Gasteiger partial charge in [-0.2, -0.15) is 18.2 Å². The van der Waals surface area contributed by atoms with Crippen molar-refractivity contribution in [3.05, 3.63) is 52.7 Å². The summed E-state index contributed by atoms with van der Waals surface area (Å²) in [5.74, 6) is 0.0938. The number of amides is 2. The molecule has 0 spiro atoms. The van der Waals surface area contributed by atoms with Crippen LogP contribution in [0.25, 0.3) is 11.5 Å². The van der Waals surface area contributed by atoms with Gasteiger partial charge in [-0.25, -0.2) is 14.2 Å². The highest BCUT2D eigenvalue weighted by Crippen LogP contribution is 2.40. The van der Waals surface area contributed by atoms with E-state index in [4.69, 9.17) is 21.2 Å². The molecule has 3 aromatic heterocycles. The number of nitrogens with zero attached hydrogens (tertiary/aromatic N) is 5. The molecule has 2 amide bonds. The lowest BCUT2D eigenvalue weighted by atomic mass is 9.89. The first-order chi connectivity index (χ1) is 16.1. The third-order valence-corrected chi connectivity index (χ3v) is 5.58. The highest BCUT2D eigenvalue weighted by molar-refractivity contribution is 6.31. The monoisotopic (exact) mass is 500 g/mol. The Hall–Kier alpha value is -3.32. The van der Waals surface area contributed by atoms with E-state index in [2.05, 4.69) is 25.4 Å². The molecule has 0 bridgehead atoms. The van der Waals surface area contributed by atoms with Crippen LogP contribution in [0.4, 0.5) is 28.2 Å². The number of likely N-dealkylation sites (tertiary alicyclic amines) is 1. The van der Waals surface area contributed by atoms with Crippen LogP contribution >= 0.6 is 11.6 Å². The number of piperidine rings is 1. The summed E-state index contributed by atoms with van der Waals surface area (Å²) in [6.45, 7) is -0.367. The third-order valence-electron chi connectivity index (χ3n) is 5.29. The molecule has 0 saturated carbocycles. The second kappa shape index (κ2) is 9.14. The van der Waals surface area contributed by atoms with Gasteiger partial charge in [-0.15, -0.1) is 0 Å². The number of carbonyl (C=O) groups excluding carboxylic acids is 1. The zero-order chi connectivity index (χ0) is 24.5. The van der Waals surface area contributed by atoms with E-state index in [1.807, 2.05) is 0 Å². The fourth-order valence-corrected chi connectivity index (χ4v) is 3.78. The Balaban J connectivity index is 1.39. The normalized spacial score (nSPS) is 15.9. The van der Waals surface area contributed by atoms with Crippen LogP contribution in [0, 0.1) is 0 Å². The minimum Gasteiger partial charge on any atom is -0.388 e. The molecular formula is C20H17ClF4N6O3. The van der Waals surface area contributed by atoms with Crippen molar-refractivity contribution in [2.45, 2.75) is 31.3 Å². The van der Waals surface area contributed by atoms with Crippen molar-refractivity contribution in [3.63, 3.8) is 0 Å². The van der Waals surface area contributed by atoms with Gasteiger partial charge in [0.15, 0.2) is 11.5 Å². The number of nitrogens with one attached hydrogen (secondary N) is 1. The summed E-state index contributed by atoms with van der Waals surface area (Å²) >= 11 is 6.27. The molecule has 4 rings (SSSR count). The highest BCUT2D eigenvalue weighted by atomic mass is 35.5. The fourth-order valence-electron chi connectivity index (χ4n) is 3.45. The van der Waals surface area contributed by atoms with E-state index in [9.17, 15) is 18.0 Å². The lowest BCUT2D eigenvalue weighted by Gasteiger charge is -2.36. The predicted molar refractivity (Wildman–Crippen MR) is 110 cm³/mol. The molecule has 0 aromatic carbocycles. The maximum atomic E-state index is 15.7. The zero-order valence-corrected chi connectivity index (χ0v) is 18.1. The Morgan fingerprint density at radius 2 is 1.97 bits per heavy atom. The van der Waals surface area contributed by atoms with Crippen LogP contribution in [0.3, 0.4) is 0 Å². The van der Waals surface area contributed by atoms with Gasteiger partial charge in [-0.05, 0) is 18.2 Å². The topological polar surface area (TPSA) is 117 Å². The molecule has 4 heterocycles. The largest absolute Gasteiger partial charge is 0.417 e. The van der Waals surface area contributed by atoms with Crippen molar-refractivity contribution >= 4 is 23.4 Å². The Morgan fingerprint density at radius 3 is 2.53 bits per heavy atom. The van der Waals surface area contributed by atoms with Crippen LogP contribution in [0.15, 0.2) is 35.1 Å². The van der Waals surface area contributed by atoms with Crippen molar-refractivity contribution < 1.29 is 32.0 Å². The number of aliphatic hydroxyl groups excluding tert-OH is 1. The molecule has 1 aliphatic heterocycles. The van der Waals surface area contributed by atoms with Crippen LogP contribution < -0.4 is 5.32 Å². The van der Waals surface area contributed by atoms with E-state index in [1.165, 1.54) is 17.2 Å². The van der Waals surface area contributed by atoms with Gasteiger partial charge in [0.25, 0.3) is 5.89 Å². The molecule has 0 aliphatic carbocycles. The van der Waals surface area contributed by atoms with Crippen LogP contribution in [0.2, 0.25) is 5.02 Å². The van der Waals surface area contributed by atoms with Gasteiger partial charge < -0.3 is 14.5 Å². The number of hydrogen-bond acceptors (Lipinski definition) is 7. The Morgan fingerprint density at radius 1 is 1.24 bits per heavy atom. The second-order valence-corrected chi connectivity index (χ2v) is 7.95. The van der Waals surface area contributed by atoms with Crippen LogP contribution in [-0.2, 0) is 18.5 Å².